The highest BCUT2D eigenvalue weighted by Gasteiger charge is 2.27. The topological polar surface area (TPSA) is 48.9 Å². The lowest BCUT2D eigenvalue weighted by molar-refractivity contribution is -0.176. The quantitative estimate of drug-likeness (QED) is 0.353. The molecule has 1 unspecified atom stereocenters. The fourth-order valence-electron chi connectivity index (χ4n) is 2.95. The second-order valence-corrected chi connectivity index (χ2v) is 7.27. The molecule has 0 fully saturated rings. The van der Waals surface area contributed by atoms with Gasteiger partial charge in [0.25, 0.3) is 0 Å². The van der Waals surface area contributed by atoms with Gasteiger partial charge in [-0.15, -0.1) is 0 Å². The van der Waals surface area contributed by atoms with Crippen molar-refractivity contribution in [1.82, 2.24) is 15.5 Å². The number of hydrogen-bond donors (Lipinski definition) is 2. The van der Waals surface area contributed by atoms with E-state index in [2.05, 4.69) is 20.4 Å². The Hall–Kier alpha value is -2.65. The van der Waals surface area contributed by atoms with Crippen molar-refractivity contribution in [3.63, 3.8) is 0 Å². The third-order valence-electron chi connectivity index (χ3n) is 4.56. The zero-order valence-electron chi connectivity index (χ0n) is 17.8. The van der Waals surface area contributed by atoms with Crippen molar-refractivity contribution in [2.24, 2.45) is 4.99 Å². The first-order valence-corrected chi connectivity index (χ1v) is 9.76. The van der Waals surface area contributed by atoms with Gasteiger partial charge >= 0.3 is 6.18 Å². The SMILES string of the molecule is CN=C(NCc1ccc(COCC(F)(F)F)cc1)NCC(c1cccc(F)c1)N(C)C. The molecule has 2 rings (SSSR count). The maximum atomic E-state index is 13.6. The van der Waals surface area contributed by atoms with Crippen LogP contribution in [-0.4, -0.2) is 51.3 Å². The molecule has 0 spiro atoms. The van der Waals surface area contributed by atoms with E-state index in [9.17, 15) is 17.6 Å². The van der Waals surface area contributed by atoms with E-state index in [0.717, 1.165) is 11.1 Å². The standard InChI is InChI=1S/C22H28F4N4O/c1-27-21(29-13-20(30(2)3)18-5-4-6-19(23)11-18)28-12-16-7-9-17(10-8-16)14-31-15-22(24,25)26/h4-11,20H,12-15H2,1-3H3,(H2,27,28,29). The lowest BCUT2D eigenvalue weighted by Crippen LogP contribution is -2.41. The third kappa shape index (κ3) is 8.94. The van der Waals surface area contributed by atoms with Crippen molar-refractivity contribution >= 4 is 5.96 Å². The van der Waals surface area contributed by atoms with Gasteiger partial charge < -0.3 is 20.3 Å². The second-order valence-electron chi connectivity index (χ2n) is 7.27. The van der Waals surface area contributed by atoms with Crippen LogP contribution in [0.3, 0.4) is 0 Å². The van der Waals surface area contributed by atoms with Crippen LogP contribution in [0.2, 0.25) is 0 Å². The van der Waals surface area contributed by atoms with Gasteiger partial charge in [-0.25, -0.2) is 4.39 Å². The minimum atomic E-state index is -4.33. The highest BCUT2D eigenvalue weighted by molar-refractivity contribution is 5.79. The van der Waals surface area contributed by atoms with E-state index in [1.807, 2.05) is 37.2 Å². The van der Waals surface area contributed by atoms with Crippen LogP contribution in [0.15, 0.2) is 53.5 Å². The molecule has 2 N–H and O–H groups in total. The predicted octanol–water partition coefficient (Wildman–Crippen LogP) is 3.87. The average Bonchev–Trinajstić information content (AvgIpc) is 2.70. The van der Waals surface area contributed by atoms with Crippen molar-refractivity contribution in [3.8, 4) is 0 Å². The summed E-state index contributed by atoms with van der Waals surface area (Å²) in [6.07, 6.45) is -4.33. The molecule has 0 aliphatic rings. The molecule has 0 saturated heterocycles. The number of nitrogens with zero attached hydrogens (tertiary/aromatic N) is 2. The molecule has 0 bridgehead atoms. The summed E-state index contributed by atoms with van der Waals surface area (Å²) in [7, 11) is 5.50. The molecule has 2 aromatic rings. The zero-order valence-corrected chi connectivity index (χ0v) is 17.8. The first-order chi connectivity index (χ1) is 14.7. The molecule has 9 heteroatoms. The van der Waals surface area contributed by atoms with Crippen LogP contribution in [0.4, 0.5) is 17.6 Å². The molecule has 0 aliphatic heterocycles. The minimum absolute atomic E-state index is 0.0507. The summed E-state index contributed by atoms with van der Waals surface area (Å²) in [5.74, 6) is 0.306. The second kappa shape index (κ2) is 11.7. The van der Waals surface area contributed by atoms with Crippen LogP contribution in [0.25, 0.3) is 0 Å². The molecular weight excluding hydrogens is 412 g/mol. The molecule has 0 saturated carbocycles. The zero-order chi connectivity index (χ0) is 22.9. The molecule has 2 aromatic carbocycles. The predicted molar refractivity (Wildman–Crippen MR) is 113 cm³/mol. The van der Waals surface area contributed by atoms with Crippen molar-refractivity contribution in [1.29, 1.82) is 0 Å². The normalized spacial score (nSPS) is 13.4. The summed E-state index contributed by atoms with van der Waals surface area (Å²) in [5, 5.41) is 6.43. The largest absolute Gasteiger partial charge is 0.411 e. The van der Waals surface area contributed by atoms with E-state index >= 15 is 0 Å². The molecule has 5 nitrogen and oxygen atoms in total. The number of aliphatic imine (C=N–C) groups is 1. The van der Waals surface area contributed by atoms with Crippen LogP contribution >= 0.6 is 0 Å². The monoisotopic (exact) mass is 440 g/mol. The van der Waals surface area contributed by atoms with Crippen LogP contribution < -0.4 is 10.6 Å². The van der Waals surface area contributed by atoms with Crippen LogP contribution in [0.1, 0.15) is 22.7 Å². The number of alkyl halides is 3. The van der Waals surface area contributed by atoms with Crippen molar-refractivity contribution in [2.75, 3.05) is 34.3 Å². The number of halogens is 4. The number of nitrogens with one attached hydrogen (secondary N) is 2. The molecule has 31 heavy (non-hydrogen) atoms. The first kappa shape index (κ1) is 24.6. The highest BCUT2D eigenvalue weighted by atomic mass is 19.4. The molecule has 0 heterocycles. The van der Waals surface area contributed by atoms with E-state index in [1.54, 1.807) is 25.2 Å². The Balaban J connectivity index is 1.85. The number of ether oxygens (including phenoxy) is 1. The lowest BCUT2D eigenvalue weighted by atomic mass is 10.1. The number of benzene rings is 2. The Bertz CT molecular complexity index is 838. The Labute approximate surface area is 180 Å². The number of guanidine groups is 1. The van der Waals surface area contributed by atoms with Gasteiger partial charge in [0.05, 0.1) is 12.6 Å². The Morgan fingerprint density at radius 2 is 1.74 bits per heavy atom. The molecule has 0 aliphatic carbocycles. The van der Waals surface area contributed by atoms with Gasteiger partial charge in [-0.05, 0) is 42.9 Å². The third-order valence-corrected chi connectivity index (χ3v) is 4.56. The lowest BCUT2D eigenvalue weighted by Gasteiger charge is -2.26. The van der Waals surface area contributed by atoms with Crippen LogP contribution in [0.5, 0.6) is 0 Å². The van der Waals surface area contributed by atoms with Crippen LogP contribution in [0, 0.1) is 5.82 Å². The number of hydrogen-bond acceptors (Lipinski definition) is 3. The molecule has 1 atom stereocenters. The summed E-state index contributed by atoms with van der Waals surface area (Å²) in [6.45, 7) is -0.355. The summed E-state index contributed by atoms with van der Waals surface area (Å²) in [6, 6.07) is 13.6. The van der Waals surface area contributed by atoms with E-state index in [-0.39, 0.29) is 18.5 Å². The minimum Gasteiger partial charge on any atom is -0.367 e. The Morgan fingerprint density at radius 1 is 1.06 bits per heavy atom. The van der Waals surface area contributed by atoms with E-state index in [4.69, 9.17) is 0 Å². The fraction of sp³-hybridized carbons (Fsp3) is 0.409. The molecule has 0 aromatic heterocycles. The van der Waals surface area contributed by atoms with Crippen molar-refractivity contribution in [2.45, 2.75) is 25.4 Å². The average molecular weight is 440 g/mol. The highest BCUT2D eigenvalue weighted by Crippen LogP contribution is 2.18. The first-order valence-electron chi connectivity index (χ1n) is 9.76. The summed E-state index contributed by atoms with van der Waals surface area (Å²) in [4.78, 5) is 6.20. The number of likely N-dealkylation sites (N-methyl/N-ethyl adjacent to an activating group) is 1. The van der Waals surface area contributed by atoms with Gasteiger partial charge in [0.15, 0.2) is 5.96 Å². The van der Waals surface area contributed by atoms with Gasteiger partial charge in [0.1, 0.15) is 12.4 Å². The van der Waals surface area contributed by atoms with Gasteiger partial charge in [0, 0.05) is 20.1 Å². The summed E-state index contributed by atoms with van der Waals surface area (Å²) >= 11 is 0. The van der Waals surface area contributed by atoms with Crippen molar-refractivity contribution < 1.29 is 22.3 Å². The summed E-state index contributed by atoms with van der Waals surface area (Å²) < 4.78 is 54.6. The molecule has 0 radical (unpaired) electrons. The van der Waals surface area contributed by atoms with Gasteiger partial charge in [-0.3, -0.25) is 4.99 Å². The summed E-state index contributed by atoms with van der Waals surface area (Å²) in [5.41, 5.74) is 2.47. The maximum Gasteiger partial charge on any atom is 0.411 e. The number of rotatable bonds is 9. The Morgan fingerprint density at radius 3 is 2.32 bits per heavy atom. The van der Waals surface area contributed by atoms with Gasteiger partial charge in [-0.1, -0.05) is 36.4 Å². The molecule has 0 amide bonds. The van der Waals surface area contributed by atoms with E-state index < -0.39 is 12.8 Å². The molecular formula is C22H28F4N4O. The van der Waals surface area contributed by atoms with Gasteiger partial charge in [0.2, 0.25) is 0 Å². The van der Waals surface area contributed by atoms with Crippen molar-refractivity contribution in [3.05, 3.63) is 71.0 Å². The Kier molecular flexibility index (Phi) is 9.26. The fourth-order valence-corrected chi connectivity index (χ4v) is 2.95. The molecule has 170 valence electrons. The van der Waals surface area contributed by atoms with Gasteiger partial charge in [-0.2, -0.15) is 13.2 Å². The maximum absolute atomic E-state index is 13.6. The van der Waals surface area contributed by atoms with E-state index in [1.165, 1.54) is 12.1 Å². The smallest absolute Gasteiger partial charge is 0.367 e. The van der Waals surface area contributed by atoms with Crippen LogP contribution in [-0.2, 0) is 17.9 Å². The van der Waals surface area contributed by atoms with E-state index in [0.29, 0.717) is 24.6 Å².